The van der Waals surface area contributed by atoms with Gasteiger partial charge in [-0.05, 0) is 23.8 Å². The standard InChI is InChI=1S/C14H15NO5S2/c1-19-10-4-8(5-11(20-2)13(10)18)3-9-6-15(7-12(16)17)14(21)22-9/h3-5,18H,6-7H2,1-2H3,(H,16,17). The maximum absolute atomic E-state index is 10.8. The molecular formula is C14H15NO5S2. The van der Waals surface area contributed by atoms with E-state index in [0.717, 1.165) is 10.5 Å². The molecule has 8 heteroatoms. The number of thioether (sulfide) groups is 1. The first kappa shape index (κ1) is 16.4. The molecule has 0 saturated carbocycles. The van der Waals surface area contributed by atoms with Gasteiger partial charge in [0.25, 0.3) is 0 Å². The second kappa shape index (κ2) is 6.89. The third kappa shape index (κ3) is 3.63. The van der Waals surface area contributed by atoms with Crippen LogP contribution in [0, 0.1) is 0 Å². The molecular weight excluding hydrogens is 326 g/mol. The number of aliphatic carboxylic acids is 1. The Labute approximate surface area is 137 Å². The van der Waals surface area contributed by atoms with Gasteiger partial charge in [0.05, 0.1) is 20.8 Å². The molecule has 0 amide bonds. The van der Waals surface area contributed by atoms with Crippen LogP contribution in [0.5, 0.6) is 17.2 Å². The SMILES string of the molecule is COc1cc(C=C2CN(CC(=O)O)C(=S)S2)cc(OC)c1O. The van der Waals surface area contributed by atoms with Crippen molar-refractivity contribution < 1.29 is 24.5 Å². The van der Waals surface area contributed by atoms with Gasteiger partial charge in [-0.15, -0.1) is 0 Å². The number of carboxylic acids is 1. The lowest BCUT2D eigenvalue weighted by Crippen LogP contribution is -2.29. The van der Waals surface area contributed by atoms with Crippen molar-refractivity contribution in [2.45, 2.75) is 0 Å². The van der Waals surface area contributed by atoms with Gasteiger partial charge in [-0.1, -0.05) is 24.0 Å². The zero-order valence-corrected chi connectivity index (χ0v) is 13.7. The fourth-order valence-electron chi connectivity index (χ4n) is 2.00. The molecule has 1 aromatic rings. The van der Waals surface area contributed by atoms with Gasteiger partial charge in [-0.2, -0.15) is 0 Å². The van der Waals surface area contributed by atoms with Crippen LogP contribution in [0.25, 0.3) is 6.08 Å². The Hall–Kier alpha value is -1.93. The molecule has 1 heterocycles. The lowest BCUT2D eigenvalue weighted by molar-refractivity contribution is -0.137. The highest BCUT2D eigenvalue weighted by molar-refractivity contribution is 8.25. The molecule has 1 saturated heterocycles. The highest BCUT2D eigenvalue weighted by Crippen LogP contribution is 2.39. The first-order valence-corrected chi connectivity index (χ1v) is 7.51. The van der Waals surface area contributed by atoms with E-state index in [1.165, 1.54) is 26.0 Å². The number of rotatable bonds is 5. The largest absolute Gasteiger partial charge is 0.502 e. The Kier molecular flexibility index (Phi) is 5.15. The number of benzene rings is 1. The number of hydrogen-bond donors (Lipinski definition) is 2. The third-order valence-corrected chi connectivity index (χ3v) is 4.43. The van der Waals surface area contributed by atoms with Crippen LogP contribution in [0.4, 0.5) is 0 Å². The number of phenolic OH excluding ortho intramolecular Hbond substituents is 1. The molecule has 2 N–H and O–H groups in total. The van der Waals surface area contributed by atoms with E-state index >= 15 is 0 Å². The van der Waals surface area contributed by atoms with Crippen LogP contribution in [0.2, 0.25) is 0 Å². The number of aromatic hydroxyl groups is 1. The molecule has 1 fully saturated rings. The molecule has 22 heavy (non-hydrogen) atoms. The van der Waals surface area contributed by atoms with Gasteiger partial charge in [0.15, 0.2) is 11.5 Å². The number of nitrogens with zero attached hydrogens (tertiary/aromatic N) is 1. The number of carbonyl (C=O) groups is 1. The van der Waals surface area contributed by atoms with Crippen LogP contribution in [0.15, 0.2) is 17.0 Å². The summed E-state index contributed by atoms with van der Waals surface area (Å²) in [5, 5.41) is 18.7. The highest BCUT2D eigenvalue weighted by atomic mass is 32.2. The van der Waals surface area contributed by atoms with Crippen LogP contribution < -0.4 is 9.47 Å². The smallest absolute Gasteiger partial charge is 0.323 e. The van der Waals surface area contributed by atoms with E-state index in [2.05, 4.69) is 0 Å². The first-order valence-electron chi connectivity index (χ1n) is 6.28. The minimum absolute atomic E-state index is 0.0609. The average molecular weight is 341 g/mol. The second-order valence-corrected chi connectivity index (χ2v) is 6.26. The summed E-state index contributed by atoms with van der Waals surface area (Å²) in [7, 11) is 2.92. The van der Waals surface area contributed by atoms with Gasteiger partial charge < -0.3 is 24.6 Å². The summed E-state index contributed by atoms with van der Waals surface area (Å²) in [6.45, 7) is 0.326. The van der Waals surface area contributed by atoms with Crippen molar-refractivity contribution in [2.24, 2.45) is 0 Å². The zero-order valence-electron chi connectivity index (χ0n) is 12.0. The van der Waals surface area contributed by atoms with Crippen molar-refractivity contribution in [3.8, 4) is 17.2 Å². The van der Waals surface area contributed by atoms with Gasteiger partial charge in [0, 0.05) is 4.91 Å². The Balaban J connectivity index is 2.26. The maximum Gasteiger partial charge on any atom is 0.323 e. The van der Waals surface area contributed by atoms with E-state index in [0.29, 0.717) is 22.4 Å². The minimum atomic E-state index is -0.919. The molecule has 6 nitrogen and oxygen atoms in total. The van der Waals surface area contributed by atoms with Crippen molar-refractivity contribution >= 4 is 40.3 Å². The molecule has 0 bridgehead atoms. The molecule has 0 atom stereocenters. The molecule has 0 spiro atoms. The van der Waals surface area contributed by atoms with Gasteiger partial charge in [-0.25, -0.2) is 0 Å². The van der Waals surface area contributed by atoms with E-state index in [1.54, 1.807) is 17.0 Å². The minimum Gasteiger partial charge on any atom is -0.502 e. The normalized spacial score (nSPS) is 16.2. The van der Waals surface area contributed by atoms with E-state index in [4.69, 9.17) is 26.8 Å². The summed E-state index contributed by atoms with van der Waals surface area (Å²) in [5.74, 6) is -0.371. The van der Waals surface area contributed by atoms with Gasteiger partial charge in [0.1, 0.15) is 10.9 Å². The van der Waals surface area contributed by atoms with Crippen molar-refractivity contribution in [3.05, 3.63) is 22.6 Å². The van der Waals surface area contributed by atoms with Crippen LogP contribution in [0.3, 0.4) is 0 Å². The molecule has 1 aliphatic rings. The second-order valence-electron chi connectivity index (χ2n) is 4.50. The average Bonchev–Trinajstić information content (AvgIpc) is 2.79. The number of thiocarbonyl (C=S) groups is 1. The fourth-order valence-corrected chi connectivity index (χ4v) is 3.35. The summed E-state index contributed by atoms with van der Waals surface area (Å²) in [4.78, 5) is 13.3. The topological polar surface area (TPSA) is 79.2 Å². The number of methoxy groups -OCH3 is 2. The quantitative estimate of drug-likeness (QED) is 0.789. The summed E-state index contributed by atoms with van der Waals surface area (Å²) in [6, 6.07) is 3.35. The van der Waals surface area contributed by atoms with E-state index in [9.17, 15) is 9.90 Å². The van der Waals surface area contributed by atoms with Crippen molar-refractivity contribution in [1.82, 2.24) is 4.90 Å². The van der Waals surface area contributed by atoms with E-state index < -0.39 is 5.97 Å². The Morgan fingerprint density at radius 2 is 2.00 bits per heavy atom. The molecule has 0 unspecified atom stereocenters. The van der Waals surface area contributed by atoms with E-state index in [-0.39, 0.29) is 12.3 Å². The molecule has 1 aromatic carbocycles. The van der Waals surface area contributed by atoms with Gasteiger partial charge >= 0.3 is 5.97 Å². The van der Waals surface area contributed by atoms with Crippen molar-refractivity contribution in [2.75, 3.05) is 27.3 Å². The predicted octanol–water partition coefficient (Wildman–Crippen LogP) is 2.17. The van der Waals surface area contributed by atoms with Crippen LogP contribution in [-0.4, -0.2) is 52.7 Å². The maximum atomic E-state index is 10.8. The predicted molar refractivity (Wildman–Crippen MR) is 88.6 cm³/mol. The number of phenols is 1. The first-order chi connectivity index (χ1) is 10.4. The molecule has 0 radical (unpaired) electrons. The summed E-state index contributed by atoms with van der Waals surface area (Å²) in [5.41, 5.74) is 0.772. The monoisotopic (exact) mass is 341 g/mol. The number of carboxylic acid groups (broad SMARTS) is 1. The zero-order chi connectivity index (χ0) is 16.3. The Bertz CT molecular complexity index is 619. The van der Waals surface area contributed by atoms with Crippen LogP contribution >= 0.6 is 24.0 Å². The van der Waals surface area contributed by atoms with Gasteiger partial charge in [0.2, 0.25) is 5.75 Å². The Morgan fingerprint density at radius 3 is 2.50 bits per heavy atom. The summed E-state index contributed by atoms with van der Waals surface area (Å²) >= 11 is 6.52. The molecule has 1 aliphatic heterocycles. The molecule has 0 aliphatic carbocycles. The molecule has 2 rings (SSSR count). The fraction of sp³-hybridized carbons (Fsp3) is 0.286. The number of hydrogen-bond acceptors (Lipinski definition) is 6. The lowest BCUT2D eigenvalue weighted by atomic mass is 10.1. The van der Waals surface area contributed by atoms with Crippen LogP contribution in [-0.2, 0) is 4.79 Å². The third-order valence-electron chi connectivity index (χ3n) is 2.98. The van der Waals surface area contributed by atoms with Crippen molar-refractivity contribution in [1.29, 1.82) is 0 Å². The van der Waals surface area contributed by atoms with E-state index in [1.807, 2.05) is 6.08 Å². The molecule has 118 valence electrons. The molecule has 0 aromatic heterocycles. The van der Waals surface area contributed by atoms with Crippen LogP contribution in [0.1, 0.15) is 5.56 Å². The number of ether oxygens (including phenoxy) is 2. The summed E-state index contributed by atoms with van der Waals surface area (Å²) < 4.78 is 10.7. The Morgan fingerprint density at radius 1 is 1.41 bits per heavy atom. The lowest BCUT2D eigenvalue weighted by Gasteiger charge is -2.12. The van der Waals surface area contributed by atoms with Crippen molar-refractivity contribution in [3.63, 3.8) is 0 Å². The van der Waals surface area contributed by atoms with Gasteiger partial charge in [-0.3, -0.25) is 4.79 Å². The summed E-state index contributed by atoms with van der Waals surface area (Å²) in [6.07, 6.45) is 1.86. The highest BCUT2D eigenvalue weighted by Gasteiger charge is 2.24.